The number of rotatable bonds is 4. The summed E-state index contributed by atoms with van der Waals surface area (Å²) < 4.78 is 22.4. The maximum Gasteiger partial charge on any atom is 0.177 e. The quantitative estimate of drug-likeness (QED) is 0.675. The average Bonchev–Trinajstić information content (AvgIpc) is 3.11. The third-order valence-electron chi connectivity index (χ3n) is 6.86. The second kappa shape index (κ2) is 8.67. The number of benzene rings is 1. The number of morpholine rings is 1. The highest BCUT2D eigenvalue weighted by atomic mass is 19.1. The Hall–Kier alpha value is -2.71. The van der Waals surface area contributed by atoms with Gasteiger partial charge < -0.3 is 20.3 Å². The summed E-state index contributed by atoms with van der Waals surface area (Å²) in [6.07, 6.45) is 2.53. The zero-order valence-electron chi connectivity index (χ0n) is 18.9. The van der Waals surface area contributed by atoms with Crippen molar-refractivity contribution in [1.29, 1.82) is 0 Å². The Bertz CT molecular complexity index is 1120. The second-order valence-corrected chi connectivity index (χ2v) is 9.00. The molecule has 32 heavy (non-hydrogen) atoms. The van der Waals surface area contributed by atoms with Crippen molar-refractivity contribution in [2.45, 2.75) is 32.1 Å². The normalized spacial score (nSPS) is 18.5. The van der Waals surface area contributed by atoms with Crippen molar-refractivity contribution in [2.24, 2.45) is 0 Å². The highest BCUT2D eigenvalue weighted by Gasteiger charge is 2.25. The summed E-state index contributed by atoms with van der Waals surface area (Å²) in [5.74, 6) is 0.959. The number of imidazole rings is 1. The van der Waals surface area contributed by atoms with Gasteiger partial charge in [-0.2, -0.15) is 0 Å². The molecule has 5 rings (SSSR count). The first kappa shape index (κ1) is 21.2. The van der Waals surface area contributed by atoms with Crippen molar-refractivity contribution in [2.75, 3.05) is 57.1 Å². The van der Waals surface area contributed by atoms with E-state index >= 15 is 4.39 Å². The first-order valence-electron chi connectivity index (χ1n) is 11.4. The predicted molar refractivity (Wildman–Crippen MR) is 124 cm³/mol. The van der Waals surface area contributed by atoms with Gasteiger partial charge >= 0.3 is 0 Å². The molecule has 8 heteroatoms. The van der Waals surface area contributed by atoms with Crippen LogP contribution in [0.1, 0.15) is 41.3 Å². The van der Waals surface area contributed by atoms with Crippen LogP contribution in [0.5, 0.6) is 0 Å². The molecule has 2 aliphatic heterocycles. The zero-order chi connectivity index (χ0) is 22.2. The van der Waals surface area contributed by atoms with E-state index in [4.69, 9.17) is 20.6 Å². The van der Waals surface area contributed by atoms with Gasteiger partial charge in [0, 0.05) is 25.6 Å². The van der Waals surface area contributed by atoms with Crippen LogP contribution in [0.2, 0.25) is 0 Å². The Morgan fingerprint density at radius 2 is 1.91 bits per heavy atom. The van der Waals surface area contributed by atoms with Gasteiger partial charge in [0.2, 0.25) is 0 Å². The maximum atomic E-state index is 15.1. The monoisotopic (exact) mass is 438 g/mol. The van der Waals surface area contributed by atoms with E-state index in [1.165, 1.54) is 0 Å². The summed E-state index contributed by atoms with van der Waals surface area (Å²) >= 11 is 0. The summed E-state index contributed by atoms with van der Waals surface area (Å²) in [5.41, 5.74) is 11.3. The molecule has 0 spiro atoms. The summed E-state index contributed by atoms with van der Waals surface area (Å²) in [5, 5.41) is 4.90. The molecule has 2 fully saturated rings. The van der Waals surface area contributed by atoms with Crippen LogP contribution in [0.25, 0.3) is 5.65 Å². The lowest BCUT2D eigenvalue weighted by Crippen LogP contribution is -2.37. The summed E-state index contributed by atoms with van der Waals surface area (Å²) in [6, 6.07) is 7.33. The van der Waals surface area contributed by atoms with Gasteiger partial charge in [0.15, 0.2) is 11.5 Å². The van der Waals surface area contributed by atoms with Crippen molar-refractivity contribution in [3.63, 3.8) is 0 Å². The van der Waals surface area contributed by atoms with E-state index in [-0.39, 0.29) is 11.7 Å². The Morgan fingerprint density at radius 1 is 1.16 bits per heavy atom. The molecular weight excluding hydrogens is 407 g/mol. The molecule has 0 radical (unpaired) electrons. The lowest BCUT2D eigenvalue weighted by Gasteiger charge is -2.30. The summed E-state index contributed by atoms with van der Waals surface area (Å²) in [6.45, 7) is 6.89. The van der Waals surface area contributed by atoms with Crippen molar-refractivity contribution in [1.82, 2.24) is 19.5 Å². The fraction of sp³-hybridized carbons (Fsp3) is 0.500. The molecule has 2 N–H and O–H groups in total. The molecule has 0 unspecified atom stereocenters. The third-order valence-corrected chi connectivity index (χ3v) is 6.86. The van der Waals surface area contributed by atoms with E-state index in [2.05, 4.69) is 16.8 Å². The number of halogens is 1. The van der Waals surface area contributed by atoms with E-state index in [1.807, 2.05) is 29.6 Å². The van der Waals surface area contributed by atoms with E-state index in [0.717, 1.165) is 67.4 Å². The molecule has 0 bridgehead atoms. The first-order chi connectivity index (χ1) is 15.5. The fourth-order valence-electron chi connectivity index (χ4n) is 5.00. The van der Waals surface area contributed by atoms with Crippen molar-refractivity contribution in [3.05, 3.63) is 52.6 Å². The van der Waals surface area contributed by atoms with Crippen molar-refractivity contribution >= 4 is 17.2 Å². The second-order valence-electron chi connectivity index (χ2n) is 9.00. The van der Waals surface area contributed by atoms with Gasteiger partial charge in [-0.15, -0.1) is 5.10 Å². The molecule has 7 nitrogen and oxygen atoms in total. The topological polar surface area (TPSA) is 71.9 Å². The number of likely N-dealkylation sites (tertiary alicyclic amines) is 1. The Balaban J connectivity index is 1.54. The number of anilines is 2. The van der Waals surface area contributed by atoms with Crippen molar-refractivity contribution in [3.8, 4) is 0 Å². The van der Waals surface area contributed by atoms with E-state index in [9.17, 15) is 0 Å². The zero-order valence-corrected chi connectivity index (χ0v) is 18.9. The number of nitrogens with two attached hydrogens (primary N) is 1. The molecule has 3 aromatic rings. The minimum absolute atomic E-state index is 0.106. The summed E-state index contributed by atoms with van der Waals surface area (Å²) in [7, 11) is 2.13. The summed E-state index contributed by atoms with van der Waals surface area (Å²) in [4.78, 5) is 9.20. The molecule has 2 aromatic heterocycles. The lowest BCUT2D eigenvalue weighted by molar-refractivity contribution is 0.122. The molecule has 4 heterocycles. The largest absolute Gasteiger partial charge is 0.396 e. The molecule has 0 amide bonds. The smallest absolute Gasteiger partial charge is 0.177 e. The standard InChI is InChI=1S/C24H31FN6O/c1-16-21(14-18-4-3-5-19(25)23(18)17-6-8-29(2)9-7-17)31-24(27-16)20(26)15-22(28-31)30-10-12-32-13-11-30/h3-5,15,17H,6-14,26H2,1-2H3. The number of ether oxygens (including phenoxy) is 1. The van der Waals surface area contributed by atoms with E-state index in [1.54, 1.807) is 6.07 Å². The van der Waals surface area contributed by atoms with E-state index < -0.39 is 0 Å². The van der Waals surface area contributed by atoms with Gasteiger partial charge in [-0.3, -0.25) is 0 Å². The number of piperidine rings is 1. The maximum absolute atomic E-state index is 15.1. The van der Waals surface area contributed by atoms with Gasteiger partial charge in [-0.1, -0.05) is 12.1 Å². The third kappa shape index (κ3) is 3.93. The van der Waals surface area contributed by atoms with E-state index in [0.29, 0.717) is 31.0 Å². The van der Waals surface area contributed by atoms with Crippen molar-refractivity contribution < 1.29 is 9.13 Å². The number of nitrogens with zero attached hydrogens (tertiary/aromatic N) is 5. The van der Waals surface area contributed by atoms with Crippen LogP contribution in [0, 0.1) is 12.7 Å². The molecule has 170 valence electrons. The van der Waals surface area contributed by atoms with Gasteiger partial charge in [0.05, 0.1) is 30.3 Å². The highest BCUT2D eigenvalue weighted by molar-refractivity contribution is 5.69. The number of aromatic nitrogens is 3. The Morgan fingerprint density at radius 3 is 2.66 bits per heavy atom. The van der Waals surface area contributed by atoms with Gasteiger partial charge in [-0.25, -0.2) is 13.9 Å². The van der Waals surface area contributed by atoms with Crippen LogP contribution in [0.4, 0.5) is 15.9 Å². The molecular formula is C24H31FN6O. The number of hydrogen-bond acceptors (Lipinski definition) is 6. The highest BCUT2D eigenvalue weighted by Crippen LogP contribution is 2.34. The molecule has 0 atom stereocenters. The molecule has 2 saturated heterocycles. The van der Waals surface area contributed by atoms with Crippen LogP contribution in [0.3, 0.4) is 0 Å². The van der Waals surface area contributed by atoms with Crippen LogP contribution in [-0.2, 0) is 11.2 Å². The first-order valence-corrected chi connectivity index (χ1v) is 11.4. The molecule has 0 aliphatic carbocycles. The minimum Gasteiger partial charge on any atom is -0.396 e. The van der Waals surface area contributed by atoms with Crippen LogP contribution >= 0.6 is 0 Å². The number of hydrogen-bond donors (Lipinski definition) is 1. The van der Waals surface area contributed by atoms with Crippen LogP contribution < -0.4 is 10.6 Å². The number of aryl methyl sites for hydroxylation is 1. The number of nitrogen functional groups attached to an aromatic ring is 1. The minimum atomic E-state index is -0.106. The van der Waals surface area contributed by atoms with Gasteiger partial charge in [-0.05, 0) is 63.0 Å². The molecule has 1 aromatic carbocycles. The van der Waals surface area contributed by atoms with Crippen LogP contribution in [0.15, 0.2) is 24.3 Å². The Labute approximate surface area is 188 Å². The fourth-order valence-corrected chi connectivity index (χ4v) is 5.00. The SMILES string of the molecule is Cc1nc2c(N)cc(N3CCOCC3)nn2c1Cc1cccc(F)c1C1CCN(C)CC1. The van der Waals surface area contributed by atoms with Gasteiger partial charge in [0.1, 0.15) is 5.82 Å². The Kier molecular flexibility index (Phi) is 5.73. The predicted octanol–water partition coefficient (Wildman–Crippen LogP) is 3.00. The van der Waals surface area contributed by atoms with Crippen LogP contribution in [-0.4, -0.2) is 65.9 Å². The lowest BCUT2D eigenvalue weighted by atomic mass is 9.85. The van der Waals surface area contributed by atoms with Gasteiger partial charge in [0.25, 0.3) is 0 Å². The average molecular weight is 439 g/mol. The number of fused-ring (bicyclic) bond motifs is 1. The molecule has 2 aliphatic rings. The molecule has 0 saturated carbocycles.